The highest BCUT2D eigenvalue weighted by Crippen LogP contribution is 2.21. The summed E-state index contributed by atoms with van der Waals surface area (Å²) in [5, 5.41) is 5.94. The molecule has 2 N–H and O–H groups in total. The van der Waals surface area contributed by atoms with E-state index in [9.17, 15) is 14.4 Å². The normalized spacial score (nSPS) is 15.0. The predicted octanol–water partition coefficient (Wildman–Crippen LogP) is 2.49. The molecule has 26 heavy (non-hydrogen) atoms. The van der Waals surface area contributed by atoms with Crippen molar-refractivity contribution in [1.82, 2.24) is 15.5 Å². The molecule has 0 saturated carbocycles. The summed E-state index contributed by atoms with van der Waals surface area (Å²) in [6.07, 6.45) is 1.98. The third kappa shape index (κ3) is 5.35. The molecule has 0 spiro atoms. The molecule has 0 bridgehead atoms. The molecule has 1 atom stereocenters. The monoisotopic (exact) mass is 399 g/mol. The van der Waals surface area contributed by atoms with Crippen molar-refractivity contribution in [3.05, 3.63) is 33.8 Å². The van der Waals surface area contributed by atoms with Crippen molar-refractivity contribution in [2.45, 2.75) is 32.7 Å². The highest BCUT2D eigenvalue weighted by Gasteiger charge is 2.26. The van der Waals surface area contributed by atoms with Crippen molar-refractivity contribution in [3.8, 4) is 0 Å². The molecule has 1 aromatic rings. The first-order chi connectivity index (χ1) is 12.3. The summed E-state index contributed by atoms with van der Waals surface area (Å²) >= 11 is 11.9. The largest absolute Gasteiger partial charge is 0.345 e. The van der Waals surface area contributed by atoms with Crippen LogP contribution in [0.15, 0.2) is 18.2 Å². The Hall–Kier alpha value is -1.79. The molecule has 1 aliphatic heterocycles. The van der Waals surface area contributed by atoms with Crippen molar-refractivity contribution in [2.24, 2.45) is 5.92 Å². The fraction of sp³-hybridized carbons (Fsp3) is 0.500. The lowest BCUT2D eigenvalue weighted by atomic mass is 10.0. The Morgan fingerprint density at radius 1 is 1.15 bits per heavy atom. The van der Waals surface area contributed by atoms with Gasteiger partial charge >= 0.3 is 0 Å². The van der Waals surface area contributed by atoms with E-state index in [1.165, 1.54) is 12.1 Å². The molecule has 0 aliphatic carbocycles. The summed E-state index contributed by atoms with van der Waals surface area (Å²) in [6.45, 7) is 5.02. The Morgan fingerprint density at radius 2 is 1.81 bits per heavy atom. The van der Waals surface area contributed by atoms with Gasteiger partial charge in [0.05, 0.1) is 17.1 Å². The first-order valence-electron chi connectivity index (χ1n) is 8.61. The van der Waals surface area contributed by atoms with Crippen LogP contribution in [0.2, 0.25) is 10.0 Å². The number of hydrogen-bond acceptors (Lipinski definition) is 3. The van der Waals surface area contributed by atoms with Crippen molar-refractivity contribution in [1.29, 1.82) is 0 Å². The second-order valence-corrected chi connectivity index (χ2v) is 7.47. The Labute approximate surface area is 163 Å². The molecule has 1 aliphatic rings. The second-order valence-electron chi connectivity index (χ2n) is 6.63. The van der Waals surface area contributed by atoms with Crippen molar-refractivity contribution in [2.75, 3.05) is 19.6 Å². The lowest BCUT2D eigenvalue weighted by molar-refractivity contribution is -0.132. The van der Waals surface area contributed by atoms with Gasteiger partial charge in [-0.15, -0.1) is 0 Å². The van der Waals surface area contributed by atoms with Gasteiger partial charge in [-0.25, -0.2) is 0 Å². The van der Waals surface area contributed by atoms with Gasteiger partial charge in [-0.1, -0.05) is 37.0 Å². The van der Waals surface area contributed by atoms with Crippen LogP contribution in [0.1, 0.15) is 37.0 Å². The maximum absolute atomic E-state index is 12.5. The average Bonchev–Trinajstić information content (AvgIpc) is 3.11. The maximum atomic E-state index is 12.5. The van der Waals surface area contributed by atoms with E-state index in [-0.39, 0.29) is 29.0 Å². The first kappa shape index (κ1) is 20.5. The van der Waals surface area contributed by atoms with Crippen LogP contribution in [0.4, 0.5) is 0 Å². The van der Waals surface area contributed by atoms with Crippen LogP contribution in [-0.2, 0) is 9.59 Å². The zero-order valence-electron chi connectivity index (χ0n) is 14.9. The topological polar surface area (TPSA) is 78.5 Å². The SMILES string of the molecule is CC(C)[C@@H](NC(=O)c1ccc(Cl)cc1Cl)C(=O)NCC(=O)N1CCCC1. The number of likely N-dealkylation sites (tertiary alicyclic amines) is 1. The highest BCUT2D eigenvalue weighted by atomic mass is 35.5. The van der Waals surface area contributed by atoms with E-state index >= 15 is 0 Å². The molecule has 8 heteroatoms. The summed E-state index contributed by atoms with van der Waals surface area (Å²) in [6, 6.07) is 3.76. The van der Waals surface area contributed by atoms with E-state index in [1.54, 1.807) is 11.0 Å². The minimum Gasteiger partial charge on any atom is -0.345 e. The molecule has 3 amide bonds. The number of carbonyl (C=O) groups is 3. The Kier molecular flexibility index (Phi) is 7.29. The number of benzene rings is 1. The third-order valence-electron chi connectivity index (χ3n) is 4.28. The molecule has 0 unspecified atom stereocenters. The quantitative estimate of drug-likeness (QED) is 0.770. The number of hydrogen-bond donors (Lipinski definition) is 2. The molecule has 1 aromatic carbocycles. The van der Waals surface area contributed by atoms with Crippen LogP contribution in [0, 0.1) is 5.92 Å². The molecule has 0 radical (unpaired) electrons. The van der Waals surface area contributed by atoms with E-state index in [0.29, 0.717) is 5.02 Å². The van der Waals surface area contributed by atoms with E-state index in [1.807, 2.05) is 13.8 Å². The molecule has 0 aromatic heterocycles. The molecule has 1 heterocycles. The fourth-order valence-electron chi connectivity index (χ4n) is 2.78. The fourth-order valence-corrected chi connectivity index (χ4v) is 3.27. The summed E-state index contributed by atoms with van der Waals surface area (Å²) < 4.78 is 0. The van der Waals surface area contributed by atoms with Gasteiger partial charge in [-0.3, -0.25) is 14.4 Å². The lowest BCUT2D eigenvalue weighted by Crippen LogP contribution is -2.51. The maximum Gasteiger partial charge on any atom is 0.253 e. The van der Waals surface area contributed by atoms with Gasteiger partial charge in [0.25, 0.3) is 5.91 Å². The summed E-state index contributed by atoms with van der Waals surface area (Å²) in [5.74, 6) is -1.13. The number of carbonyl (C=O) groups excluding carboxylic acids is 3. The predicted molar refractivity (Wildman–Crippen MR) is 101 cm³/mol. The lowest BCUT2D eigenvalue weighted by Gasteiger charge is -2.23. The van der Waals surface area contributed by atoms with Gasteiger partial charge in [0, 0.05) is 18.1 Å². The van der Waals surface area contributed by atoms with Gasteiger partial charge in [0.15, 0.2) is 0 Å². The number of nitrogens with one attached hydrogen (secondary N) is 2. The average molecular weight is 400 g/mol. The van der Waals surface area contributed by atoms with Crippen molar-refractivity contribution >= 4 is 40.9 Å². The number of nitrogens with zero attached hydrogens (tertiary/aromatic N) is 1. The molecule has 1 saturated heterocycles. The minimum absolute atomic E-state index is 0.0698. The molecule has 142 valence electrons. The standard InChI is InChI=1S/C18H23Cl2N3O3/c1-11(2)16(18(26)21-10-15(24)23-7-3-4-8-23)22-17(25)13-6-5-12(19)9-14(13)20/h5-6,9,11,16H,3-4,7-8,10H2,1-2H3,(H,21,26)(H,22,25)/t16-/m1/s1. The minimum atomic E-state index is -0.777. The van der Waals surface area contributed by atoms with E-state index < -0.39 is 17.9 Å². The van der Waals surface area contributed by atoms with Gasteiger partial charge in [0.2, 0.25) is 11.8 Å². The van der Waals surface area contributed by atoms with Crippen LogP contribution in [0.3, 0.4) is 0 Å². The number of rotatable bonds is 6. The van der Waals surface area contributed by atoms with Crippen molar-refractivity contribution < 1.29 is 14.4 Å². The molecule has 2 rings (SSSR count). The highest BCUT2D eigenvalue weighted by molar-refractivity contribution is 6.36. The van der Waals surface area contributed by atoms with Crippen LogP contribution < -0.4 is 10.6 Å². The Balaban J connectivity index is 1.97. The summed E-state index contributed by atoms with van der Waals surface area (Å²) in [5.41, 5.74) is 0.239. The molecule has 6 nitrogen and oxygen atoms in total. The van der Waals surface area contributed by atoms with Crippen molar-refractivity contribution in [3.63, 3.8) is 0 Å². The Morgan fingerprint density at radius 3 is 2.38 bits per heavy atom. The summed E-state index contributed by atoms with van der Waals surface area (Å²) in [7, 11) is 0. The van der Waals surface area contributed by atoms with Crippen LogP contribution in [0.5, 0.6) is 0 Å². The van der Waals surface area contributed by atoms with Gasteiger partial charge in [0.1, 0.15) is 6.04 Å². The number of halogens is 2. The zero-order valence-corrected chi connectivity index (χ0v) is 16.4. The first-order valence-corrected chi connectivity index (χ1v) is 9.36. The van der Waals surface area contributed by atoms with E-state index in [2.05, 4.69) is 10.6 Å². The zero-order chi connectivity index (χ0) is 19.3. The Bertz CT molecular complexity index is 688. The van der Waals surface area contributed by atoms with Crippen LogP contribution >= 0.6 is 23.2 Å². The van der Waals surface area contributed by atoms with Crippen LogP contribution in [0.25, 0.3) is 0 Å². The molecular formula is C18H23Cl2N3O3. The molecule has 1 fully saturated rings. The number of amides is 3. The third-order valence-corrected chi connectivity index (χ3v) is 4.83. The smallest absolute Gasteiger partial charge is 0.253 e. The van der Waals surface area contributed by atoms with E-state index in [0.717, 1.165) is 25.9 Å². The summed E-state index contributed by atoms with van der Waals surface area (Å²) in [4.78, 5) is 38.7. The van der Waals surface area contributed by atoms with Gasteiger partial charge < -0.3 is 15.5 Å². The molecular weight excluding hydrogens is 377 g/mol. The van der Waals surface area contributed by atoms with Gasteiger partial charge in [-0.2, -0.15) is 0 Å². The van der Waals surface area contributed by atoms with E-state index in [4.69, 9.17) is 23.2 Å². The second kappa shape index (κ2) is 9.24. The van der Waals surface area contributed by atoms with Gasteiger partial charge in [-0.05, 0) is 37.0 Å². The van der Waals surface area contributed by atoms with Crippen LogP contribution in [-0.4, -0.2) is 48.3 Å².